The van der Waals surface area contributed by atoms with Gasteiger partial charge >= 0.3 is 11.4 Å². The topological polar surface area (TPSA) is 198 Å². The number of nitrogens with zero attached hydrogens (tertiary/aromatic N) is 2. The summed E-state index contributed by atoms with van der Waals surface area (Å²) < 4.78 is 0. The third-order valence-corrected chi connectivity index (χ3v) is 7.36. The standard InChI is InChI=1S/2C10H9NO4.C10H10O2/c12-9-3-1-2-6-4-10(13)8(11(14)15)5-7(6)9;12-8-3-1-2-7-6(8)4-5-9(13)10(7)11(14)15;11-8-4-5-9-7(6-8)2-1-3-10(9)12/h2*4-5,13H,1-3H2;4-6,11H,1-3H2. The summed E-state index contributed by atoms with van der Waals surface area (Å²) in [5.41, 5.74) is 2.90. The van der Waals surface area contributed by atoms with Gasteiger partial charge in [0.2, 0.25) is 0 Å². The molecule has 42 heavy (non-hydrogen) atoms. The van der Waals surface area contributed by atoms with Gasteiger partial charge in [-0.2, -0.15) is 0 Å². The molecule has 0 fully saturated rings. The second-order valence-corrected chi connectivity index (χ2v) is 10.1. The SMILES string of the molecule is O=C1CCCc2c1ccc(O)c2[N+](=O)[O-].O=C1CCCc2cc(O)c([N+](=O)[O-])cc21.O=C1CCCc2cc(O)ccc21. The van der Waals surface area contributed by atoms with Crippen molar-refractivity contribution in [3.63, 3.8) is 0 Å². The van der Waals surface area contributed by atoms with Crippen molar-refractivity contribution in [2.45, 2.75) is 57.8 Å². The van der Waals surface area contributed by atoms with Crippen LogP contribution in [0.2, 0.25) is 0 Å². The van der Waals surface area contributed by atoms with Crippen LogP contribution in [0.25, 0.3) is 0 Å². The van der Waals surface area contributed by atoms with E-state index in [9.17, 15) is 44.8 Å². The summed E-state index contributed by atoms with van der Waals surface area (Å²) in [6, 6.07) is 10.1. The predicted molar refractivity (Wildman–Crippen MR) is 149 cm³/mol. The first-order chi connectivity index (χ1) is 20.0. The number of benzene rings is 3. The Bertz CT molecular complexity index is 1600. The normalized spacial score (nSPS) is 15.1. The van der Waals surface area contributed by atoms with Crippen LogP contribution in [0.15, 0.2) is 42.5 Å². The van der Waals surface area contributed by atoms with Gasteiger partial charge < -0.3 is 15.3 Å². The molecule has 0 radical (unpaired) electrons. The van der Waals surface area contributed by atoms with Crippen LogP contribution in [0, 0.1) is 20.2 Å². The first kappa shape index (κ1) is 29.8. The lowest BCUT2D eigenvalue weighted by Crippen LogP contribution is -2.12. The van der Waals surface area contributed by atoms with Gasteiger partial charge in [-0.25, -0.2) is 0 Å². The Morgan fingerprint density at radius 1 is 0.571 bits per heavy atom. The lowest BCUT2D eigenvalue weighted by Gasteiger charge is -2.14. The zero-order valence-electron chi connectivity index (χ0n) is 22.5. The average Bonchev–Trinajstić information content (AvgIpc) is 2.93. The molecule has 0 heterocycles. The molecule has 0 aromatic heterocycles. The van der Waals surface area contributed by atoms with E-state index in [4.69, 9.17) is 5.11 Å². The first-order valence-electron chi connectivity index (χ1n) is 13.4. The molecule has 6 rings (SSSR count). The van der Waals surface area contributed by atoms with Crippen LogP contribution in [0.3, 0.4) is 0 Å². The number of hydrogen-bond donors (Lipinski definition) is 3. The van der Waals surface area contributed by atoms with E-state index in [1.807, 2.05) is 0 Å². The van der Waals surface area contributed by atoms with Crippen molar-refractivity contribution in [3.05, 3.63) is 96.1 Å². The molecule has 0 saturated carbocycles. The molecular formula is C30H28N2O10. The van der Waals surface area contributed by atoms with Crippen LogP contribution >= 0.6 is 0 Å². The molecule has 0 amide bonds. The fourth-order valence-electron chi connectivity index (χ4n) is 5.34. The molecule has 0 atom stereocenters. The number of aromatic hydroxyl groups is 3. The maximum atomic E-state index is 11.5. The zero-order valence-corrected chi connectivity index (χ0v) is 22.5. The van der Waals surface area contributed by atoms with E-state index in [0.29, 0.717) is 60.8 Å². The van der Waals surface area contributed by atoms with Crippen LogP contribution < -0.4 is 0 Å². The summed E-state index contributed by atoms with van der Waals surface area (Å²) >= 11 is 0. The molecule has 3 aliphatic rings. The van der Waals surface area contributed by atoms with Crippen molar-refractivity contribution in [2.75, 3.05) is 0 Å². The Labute approximate surface area is 239 Å². The number of nitro groups is 2. The van der Waals surface area contributed by atoms with E-state index in [1.165, 1.54) is 24.3 Å². The number of carbonyl (C=O) groups is 3. The van der Waals surface area contributed by atoms with Crippen LogP contribution in [0.5, 0.6) is 17.2 Å². The number of aryl methyl sites for hydroxylation is 2. The van der Waals surface area contributed by atoms with E-state index in [1.54, 1.807) is 18.2 Å². The molecule has 0 spiro atoms. The van der Waals surface area contributed by atoms with Gasteiger partial charge in [0.1, 0.15) is 5.75 Å². The highest BCUT2D eigenvalue weighted by atomic mass is 16.6. The monoisotopic (exact) mass is 576 g/mol. The van der Waals surface area contributed by atoms with Crippen LogP contribution in [0.1, 0.15) is 86.3 Å². The van der Waals surface area contributed by atoms with Gasteiger partial charge in [-0.1, -0.05) is 0 Å². The zero-order chi connectivity index (χ0) is 30.6. The number of hydrogen-bond acceptors (Lipinski definition) is 10. The lowest BCUT2D eigenvalue weighted by molar-refractivity contribution is -0.386. The quantitative estimate of drug-likeness (QED) is 0.257. The van der Waals surface area contributed by atoms with Crippen molar-refractivity contribution in [1.82, 2.24) is 0 Å². The van der Waals surface area contributed by atoms with Crippen molar-refractivity contribution in [1.29, 1.82) is 0 Å². The Balaban J connectivity index is 0.000000146. The van der Waals surface area contributed by atoms with Gasteiger partial charge in [-0.15, -0.1) is 0 Å². The molecule has 218 valence electrons. The fourth-order valence-corrected chi connectivity index (χ4v) is 5.34. The molecule has 0 saturated heterocycles. The molecule has 0 aliphatic heterocycles. The highest BCUT2D eigenvalue weighted by Gasteiger charge is 2.28. The van der Waals surface area contributed by atoms with E-state index in [-0.39, 0.29) is 40.3 Å². The Morgan fingerprint density at radius 3 is 1.74 bits per heavy atom. The fraction of sp³-hybridized carbons (Fsp3) is 0.300. The van der Waals surface area contributed by atoms with Crippen molar-refractivity contribution >= 4 is 28.7 Å². The summed E-state index contributed by atoms with van der Waals surface area (Å²) in [7, 11) is 0. The number of rotatable bonds is 2. The summed E-state index contributed by atoms with van der Waals surface area (Å²) in [4.78, 5) is 54.2. The van der Waals surface area contributed by atoms with Crippen molar-refractivity contribution < 1.29 is 39.5 Å². The van der Waals surface area contributed by atoms with E-state index >= 15 is 0 Å². The van der Waals surface area contributed by atoms with Gasteiger partial charge in [0.05, 0.1) is 9.85 Å². The van der Waals surface area contributed by atoms with Crippen LogP contribution in [-0.2, 0) is 19.3 Å². The van der Waals surface area contributed by atoms with Gasteiger partial charge in [-0.3, -0.25) is 34.6 Å². The van der Waals surface area contributed by atoms with Gasteiger partial charge in [0, 0.05) is 47.6 Å². The van der Waals surface area contributed by atoms with Crippen LogP contribution in [-0.4, -0.2) is 42.5 Å². The third-order valence-electron chi connectivity index (χ3n) is 7.36. The van der Waals surface area contributed by atoms with Crippen LogP contribution in [0.4, 0.5) is 11.4 Å². The maximum absolute atomic E-state index is 11.5. The summed E-state index contributed by atoms with van der Waals surface area (Å²) in [6.07, 6.45) is 5.84. The summed E-state index contributed by atoms with van der Waals surface area (Å²) in [5.74, 6) is -0.444. The van der Waals surface area contributed by atoms with Gasteiger partial charge in [0.15, 0.2) is 28.8 Å². The Hall–Kier alpha value is -5.13. The van der Waals surface area contributed by atoms with Crippen molar-refractivity contribution in [3.8, 4) is 17.2 Å². The number of nitro benzene ring substituents is 2. The minimum atomic E-state index is -0.683. The largest absolute Gasteiger partial charge is 0.508 e. The van der Waals surface area contributed by atoms with Gasteiger partial charge in [0.25, 0.3) is 0 Å². The molecule has 3 aromatic carbocycles. The highest BCUT2D eigenvalue weighted by molar-refractivity contribution is 6.00. The third kappa shape index (κ3) is 6.43. The molecule has 3 aromatic rings. The molecule has 3 N–H and O–H groups in total. The van der Waals surface area contributed by atoms with E-state index < -0.39 is 15.5 Å². The van der Waals surface area contributed by atoms with E-state index in [2.05, 4.69) is 0 Å². The van der Waals surface area contributed by atoms with Gasteiger partial charge in [-0.05, 0) is 86.1 Å². The summed E-state index contributed by atoms with van der Waals surface area (Å²) in [5, 5.41) is 49.2. The molecular weight excluding hydrogens is 548 g/mol. The first-order valence-corrected chi connectivity index (χ1v) is 13.4. The Morgan fingerprint density at radius 2 is 1.12 bits per heavy atom. The molecule has 12 nitrogen and oxygen atoms in total. The predicted octanol–water partition coefficient (Wildman–Crippen LogP) is 5.55. The smallest absolute Gasteiger partial charge is 0.314 e. The lowest BCUT2D eigenvalue weighted by atomic mass is 9.89. The second kappa shape index (κ2) is 12.6. The number of phenols is 3. The summed E-state index contributed by atoms with van der Waals surface area (Å²) in [6.45, 7) is 0. The molecule has 3 aliphatic carbocycles. The number of carbonyl (C=O) groups excluding carboxylic acids is 3. The maximum Gasteiger partial charge on any atom is 0.314 e. The second-order valence-electron chi connectivity index (χ2n) is 10.1. The molecule has 0 bridgehead atoms. The number of phenolic OH excluding ortho intramolecular Hbond substituents is 3. The van der Waals surface area contributed by atoms with Crippen molar-refractivity contribution in [2.24, 2.45) is 0 Å². The minimum Gasteiger partial charge on any atom is -0.508 e. The molecule has 0 unspecified atom stereocenters. The minimum absolute atomic E-state index is 0.0839. The molecule has 12 heteroatoms. The number of ketones is 3. The highest BCUT2D eigenvalue weighted by Crippen LogP contribution is 2.36. The number of fused-ring (bicyclic) bond motifs is 3. The Kier molecular flexibility index (Phi) is 8.94. The van der Waals surface area contributed by atoms with E-state index in [0.717, 1.165) is 30.4 Å². The number of Topliss-reactive ketones (excluding diaryl/α,β-unsaturated/α-hetero) is 3. The average molecular weight is 577 g/mol.